The van der Waals surface area contributed by atoms with Crippen LogP contribution < -0.4 is 21.9 Å². The van der Waals surface area contributed by atoms with Crippen molar-refractivity contribution in [3.8, 4) is 0 Å². The number of aliphatic hydroxyl groups excluding tert-OH is 1. The molecule has 1 aliphatic rings. The maximum absolute atomic E-state index is 12.6. The Bertz CT molecular complexity index is 846. The summed E-state index contributed by atoms with van der Waals surface area (Å²) in [7, 11) is 0. The van der Waals surface area contributed by atoms with Gasteiger partial charge in [0.25, 0.3) is 5.56 Å². The Balaban J connectivity index is 0.00000196. The SMILES string of the molecule is Cl.Cl.Nc1nc2c(c(=O)[nH]1)N[C@@H]([C@H](O)CCc1ccc(C(F)(F)F)cc1)CN2. The Morgan fingerprint density at radius 1 is 1.25 bits per heavy atom. The number of aromatic amines is 1. The predicted octanol–water partition coefficient (Wildman–Crippen LogP) is 2.41. The Morgan fingerprint density at radius 2 is 1.89 bits per heavy atom. The van der Waals surface area contributed by atoms with Crippen LogP contribution in [0.1, 0.15) is 17.5 Å². The van der Waals surface area contributed by atoms with Gasteiger partial charge in [-0.2, -0.15) is 18.2 Å². The number of aliphatic hydroxyl groups is 1. The molecule has 0 bridgehead atoms. The third-order valence-corrected chi connectivity index (χ3v) is 4.23. The maximum atomic E-state index is 12.6. The van der Waals surface area contributed by atoms with E-state index in [1.807, 2.05) is 0 Å². The normalized spacial score (nSPS) is 16.5. The van der Waals surface area contributed by atoms with E-state index in [4.69, 9.17) is 5.73 Å². The van der Waals surface area contributed by atoms with Crippen molar-refractivity contribution in [2.75, 3.05) is 22.9 Å². The second kappa shape index (κ2) is 9.35. The second-order valence-corrected chi connectivity index (χ2v) is 6.11. The van der Waals surface area contributed by atoms with Gasteiger partial charge in [0.2, 0.25) is 5.95 Å². The van der Waals surface area contributed by atoms with Crippen LogP contribution in [-0.4, -0.2) is 33.8 Å². The number of nitrogens with one attached hydrogen (secondary N) is 3. The Labute approximate surface area is 170 Å². The third-order valence-electron chi connectivity index (χ3n) is 4.23. The summed E-state index contributed by atoms with van der Waals surface area (Å²) in [5, 5.41) is 16.2. The summed E-state index contributed by atoms with van der Waals surface area (Å²) in [5.74, 6) is 0.307. The van der Waals surface area contributed by atoms with Gasteiger partial charge in [0, 0.05) is 6.54 Å². The molecule has 28 heavy (non-hydrogen) atoms. The van der Waals surface area contributed by atoms with Gasteiger partial charge in [-0.05, 0) is 30.5 Å². The lowest BCUT2D eigenvalue weighted by atomic mass is 10.00. The first-order chi connectivity index (χ1) is 12.2. The van der Waals surface area contributed by atoms with Gasteiger partial charge in [0.05, 0.1) is 17.7 Å². The van der Waals surface area contributed by atoms with Crippen molar-refractivity contribution in [2.45, 2.75) is 31.2 Å². The second-order valence-electron chi connectivity index (χ2n) is 6.11. The standard InChI is InChI=1S/C16H18F3N5O2.2ClH/c17-16(18,19)9-4-1-8(2-5-9)3-6-11(25)10-7-21-13-12(22-10)14(26)24-15(20)23-13;;/h1-2,4-5,10-11,22,25H,3,6-7H2,(H4,20,21,23,24,26);2*1H/t10-,11-;;/m1../s1. The molecule has 0 fully saturated rings. The Morgan fingerprint density at radius 3 is 2.50 bits per heavy atom. The van der Waals surface area contributed by atoms with E-state index in [9.17, 15) is 23.1 Å². The molecule has 0 aliphatic carbocycles. The summed E-state index contributed by atoms with van der Waals surface area (Å²) in [6, 6.07) is 4.40. The number of nitrogen functional groups attached to an aromatic ring is 1. The molecule has 2 heterocycles. The first-order valence-electron chi connectivity index (χ1n) is 7.98. The number of hydrogen-bond donors (Lipinski definition) is 5. The molecule has 1 aromatic carbocycles. The first kappa shape index (κ1) is 23.9. The van der Waals surface area contributed by atoms with Crippen molar-refractivity contribution in [2.24, 2.45) is 0 Å². The summed E-state index contributed by atoms with van der Waals surface area (Å²) in [6.45, 7) is 0.330. The molecule has 1 aliphatic heterocycles. The summed E-state index contributed by atoms with van der Waals surface area (Å²) in [4.78, 5) is 18.2. The van der Waals surface area contributed by atoms with Crippen molar-refractivity contribution in [3.05, 3.63) is 45.7 Å². The predicted molar refractivity (Wildman–Crippen MR) is 105 cm³/mol. The zero-order valence-electron chi connectivity index (χ0n) is 14.4. The molecule has 2 atom stereocenters. The van der Waals surface area contributed by atoms with Crippen molar-refractivity contribution < 1.29 is 18.3 Å². The third kappa shape index (κ3) is 5.43. The highest BCUT2D eigenvalue weighted by atomic mass is 35.5. The molecule has 0 amide bonds. The number of aromatic nitrogens is 2. The number of aryl methyl sites for hydroxylation is 1. The molecule has 0 spiro atoms. The Kier molecular flexibility index (Phi) is 7.97. The number of rotatable bonds is 4. The smallest absolute Gasteiger partial charge is 0.391 e. The molecule has 12 heteroatoms. The lowest BCUT2D eigenvalue weighted by Gasteiger charge is -2.30. The van der Waals surface area contributed by atoms with Gasteiger partial charge in [-0.1, -0.05) is 12.1 Å². The van der Waals surface area contributed by atoms with Crippen LogP contribution in [0.15, 0.2) is 29.1 Å². The molecule has 156 valence electrons. The summed E-state index contributed by atoms with van der Waals surface area (Å²) >= 11 is 0. The average molecular weight is 442 g/mol. The molecular formula is C16H20Cl2F3N5O2. The number of hydrogen-bond acceptors (Lipinski definition) is 6. The van der Waals surface area contributed by atoms with Gasteiger partial charge < -0.3 is 21.5 Å². The number of halogens is 5. The van der Waals surface area contributed by atoms with Crippen LogP contribution in [0.2, 0.25) is 0 Å². The topological polar surface area (TPSA) is 116 Å². The minimum atomic E-state index is -4.37. The molecule has 3 rings (SSSR count). The van der Waals surface area contributed by atoms with Crippen LogP contribution in [-0.2, 0) is 12.6 Å². The molecule has 1 aromatic heterocycles. The van der Waals surface area contributed by atoms with E-state index in [1.165, 1.54) is 12.1 Å². The molecule has 7 nitrogen and oxygen atoms in total. The number of fused-ring (bicyclic) bond motifs is 1. The van der Waals surface area contributed by atoms with Gasteiger partial charge in [-0.3, -0.25) is 9.78 Å². The highest BCUT2D eigenvalue weighted by Gasteiger charge is 2.30. The monoisotopic (exact) mass is 441 g/mol. The van der Waals surface area contributed by atoms with E-state index in [1.54, 1.807) is 0 Å². The molecular weight excluding hydrogens is 422 g/mol. The number of H-pyrrole nitrogens is 1. The van der Waals surface area contributed by atoms with E-state index in [0.29, 0.717) is 30.8 Å². The fraction of sp³-hybridized carbons (Fsp3) is 0.375. The molecule has 0 saturated heterocycles. The van der Waals surface area contributed by atoms with Gasteiger partial charge in [0.15, 0.2) is 5.82 Å². The van der Waals surface area contributed by atoms with Crippen LogP contribution in [0, 0.1) is 0 Å². The van der Waals surface area contributed by atoms with Crippen molar-refractivity contribution in [1.29, 1.82) is 0 Å². The number of alkyl halides is 3. The summed E-state index contributed by atoms with van der Waals surface area (Å²) in [6.07, 6.45) is -4.45. The van der Waals surface area contributed by atoms with Crippen LogP contribution in [0.4, 0.5) is 30.6 Å². The fourth-order valence-electron chi connectivity index (χ4n) is 2.80. The molecule has 6 N–H and O–H groups in total. The number of nitrogens with two attached hydrogens (primary N) is 1. The van der Waals surface area contributed by atoms with Crippen molar-refractivity contribution in [3.63, 3.8) is 0 Å². The number of benzene rings is 1. The largest absolute Gasteiger partial charge is 0.416 e. The fourth-order valence-corrected chi connectivity index (χ4v) is 2.80. The Hall–Kier alpha value is -2.17. The van der Waals surface area contributed by atoms with Gasteiger partial charge in [0.1, 0.15) is 5.69 Å². The maximum Gasteiger partial charge on any atom is 0.416 e. The lowest BCUT2D eigenvalue weighted by molar-refractivity contribution is -0.137. The first-order valence-corrected chi connectivity index (χ1v) is 7.98. The van der Waals surface area contributed by atoms with Gasteiger partial charge in [-0.25, -0.2) is 0 Å². The van der Waals surface area contributed by atoms with Gasteiger partial charge >= 0.3 is 6.18 Å². The highest BCUT2D eigenvalue weighted by Crippen LogP contribution is 2.29. The van der Waals surface area contributed by atoms with E-state index in [-0.39, 0.29) is 36.4 Å². The lowest BCUT2D eigenvalue weighted by Crippen LogP contribution is -2.45. The van der Waals surface area contributed by atoms with E-state index in [0.717, 1.165) is 12.1 Å². The summed E-state index contributed by atoms with van der Waals surface area (Å²) < 4.78 is 37.7. The molecule has 2 aromatic rings. The number of anilines is 3. The zero-order chi connectivity index (χ0) is 18.9. The van der Waals surface area contributed by atoms with Gasteiger partial charge in [-0.15, -0.1) is 24.8 Å². The van der Waals surface area contributed by atoms with Crippen LogP contribution >= 0.6 is 24.8 Å². The quantitative estimate of drug-likeness (QED) is 0.497. The van der Waals surface area contributed by atoms with E-state index >= 15 is 0 Å². The minimum Gasteiger partial charge on any atom is -0.391 e. The molecule has 0 unspecified atom stereocenters. The van der Waals surface area contributed by atoms with Crippen molar-refractivity contribution in [1.82, 2.24) is 9.97 Å². The summed E-state index contributed by atoms with van der Waals surface area (Å²) in [5.41, 5.74) is 5.21. The minimum absolute atomic E-state index is 0. The molecule has 0 saturated carbocycles. The number of nitrogens with zero attached hydrogens (tertiary/aromatic N) is 1. The van der Waals surface area contributed by atoms with E-state index in [2.05, 4.69) is 20.6 Å². The highest BCUT2D eigenvalue weighted by molar-refractivity contribution is 5.85. The average Bonchev–Trinajstić information content (AvgIpc) is 2.59. The van der Waals surface area contributed by atoms with Crippen LogP contribution in [0.3, 0.4) is 0 Å². The molecule has 0 radical (unpaired) electrons. The van der Waals surface area contributed by atoms with Crippen LogP contribution in [0.5, 0.6) is 0 Å². The van der Waals surface area contributed by atoms with Crippen LogP contribution in [0.25, 0.3) is 0 Å². The van der Waals surface area contributed by atoms with Crippen molar-refractivity contribution >= 4 is 42.3 Å². The van der Waals surface area contributed by atoms with E-state index < -0.39 is 29.4 Å². The zero-order valence-corrected chi connectivity index (χ0v) is 16.0.